The number of carbonyl (C=O) groups excluding carboxylic acids is 2. The molecule has 2 amide bonds. The summed E-state index contributed by atoms with van der Waals surface area (Å²) >= 11 is 0. The van der Waals surface area contributed by atoms with Gasteiger partial charge in [0, 0.05) is 32.5 Å². The molecule has 1 saturated heterocycles. The first-order valence-corrected chi connectivity index (χ1v) is 8.56. The van der Waals surface area contributed by atoms with Crippen molar-refractivity contribution in [2.24, 2.45) is 5.92 Å². The zero-order chi connectivity index (χ0) is 17.7. The van der Waals surface area contributed by atoms with Crippen molar-refractivity contribution in [3.05, 3.63) is 29.8 Å². The van der Waals surface area contributed by atoms with Gasteiger partial charge in [0.15, 0.2) is 0 Å². The Morgan fingerprint density at radius 2 is 1.75 bits per heavy atom. The van der Waals surface area contributed by atoms with E-state index in [0.29, 0.717) is 19.6 Å². The molecular weight excluding hydrogens is 304 g/mol. The van der Waals surface area contributed by atoms with Gasteiger partial charge in [0.25, 0.3) is 0 Å². The Morgan fingerprint density at radius 1 is 1.17 bits per heavy atom. The average Bonchev–Trinajstić information content (AvgIpc) is 2.52. The van der Waals surface area contributed by atoms with E-state index < -0.39 is 0 Å². The molecule has 1 aliphatic rings. The smallest absolute Gasteiger partial charge is 0.223 e. The summed E-state index contributed by atoms with van der Waals surface area (Å²) in [5.41, 5.74) is 0.829. The van der Waals surface area contributed by atoms with Crippen molar-refractivity contribution in [1.29, 1.82) is 0 Å². The van der Waals surface area contributed by atoms with Crippen molar-refractivity contribution in [3.63, 3.8) is 0 Å². The van der Waals surface area contributed by atoms with Gasteiger partial charge in [-0.05, 0) is 51.3 Å². The summed E-state index contributed by atoms with van der Waals surface area (Å²) in [6.45, 7) is 9.48. The highest BCUT2D eigenvalue weighted by atomic mass is 16.5. The van der Waals surface area contributed by atoms with E-state index in [4.69, 9.17) is 4.74 Å². The highest BCUT2D eigenvalue weighted by Gasteiger charge is 2.25. The van der Waals surface area contributed by atoms with Crippen LogP contribution in [-0.2, 0) is 16.1 Å². The van der Waals surface area contributed by atoms with Gasteiger partial charge in [0.2, 0.25) is 11.8 Å². The molecule has 1 fully saturated rings. The minimum absolute atomic E-state index is 0.00379. The summed E-state index contributed by atoms with van der Waals surface area (Å²) < 4.78 is 5.79. The van der Waals surface area contributed by atoms with Crippen molar-refractivity contribution in [3.8, 4) is 5.75 Å². The fourth-order valence-corrected chi connectivity index (χ4v) is 2.82. The van der Waals surface area contributed by atoms with Crippen LogP contribution in [0.25, 0.3) is 0 Å². The summed E-state index contributed by atoms with van der Waals surface area (Å²) in [7, 11) is 0. The van der Waals surface area contributed by atoms with Crippen LogP contribution >= 0.6 is 0 Å². The van der Waals surface area contributed by atoms with E-state index in [1.165, 1.54) is 0 Å². The molecule has 0 spiro atoms. The molecule has 5 nitrogen and oxygen atoms in total. The molecule has 0 aromatic heterocycles. The minimum atomic E-state index is -0.218. The number of hydrogen-bond acceptors (Lipinski definition) is 3. The number of nitrogens with one attached hydrogen (secondary N) is 1. The lowest BCUT2D eigenvalue weighted by Gasteiger charge is -2.30. The molecule has 2 rings (SSSR count). The Balaban J connectivity index is 1.79. The Kier molecular flexibility index (Phi) is 5.86. The first-order valence-electron chi connectivity index (χ1n) is 8.56. The zero-order valence-corrected chi connectivity index (χ0v) is 15.1. The van der Waals surface area contributed by atoms with Crippen LogP contribution in [0, 0.1) is 5.92 Å². The van der Waals surface area contributed by atoms with Crippen LogP contribution in [0.2, 0.25) is 0 Å². The van der Waals surface area contributed by atoms with Gasteiger partial charge >= 0.3 is 0 Å². The highest BCUT2D eigenvalue weighted by molar-refractivity contribution is 5.79. The summed E-state index contributed by atoms with van der Waals surface area (Å²) in [4.78, 5) is 25.4. The van der Waals surface area contributed by atoms with Crippen LogP contribution in [0.4, 0.5) is 0 Å². The van der Waals surface area contributed by atoms with Gasteiger partial charge in [-0.25, -0.2) is 0 Å². The van der Waals surface area contributed by atoms with Crippen molar-refractivity contribution in [2.45, 2.75) is 52.7 Å². The fourth-order valence-electron chi connectivity index (χ4n) is 2.82. The molecule has 1 aliphatic heterocycles. The number of benzene rings is 1. The number of carbonyl (C=O) groups is 2. The number of nitrogens with zero attached hydrogens (tertiary/aromatic N) is 1. The second-order valence-electron chi connectivity index (χ2n) is 7.36. The molecule has 1 aromatic carbocycles. The Bertz CT molecular complexity index is 567. The van der Waals surface area contributed by atoms with Crippen molar-refractivity contribution >= 4 is 11.8 Å². The molecule has 0 atom stereocenters. The van der Waals surface area contributed by atoms with Crippen LogP contribution in [0.5, 0.6) is 5.75 Å². The van der Waals surface area contributed by atoms with Crippen molar-refractivity contribution in [1.82, 2.24) is 10.2 Å². The van der Waals surface area contributed by atoms with Crippen LogP contribution in [0.15, 0.2) is 24.3 Å². The number of ether oxygens (including phenoxy) is 1. The molecule has 1 N–H and O–H groups in total. The molecular formula is C19H28N2O3. The van der Waals surface area contributed by atoms with E-state index in [2.05, 4.69) is 5.32 Å². The van der Waals surface area contributed by atoms with Gasteiger partial charge in [-0.2, -0.15) is 0 Å². The lowest BCUT2D eigenvalue weighted by molar-refractivity contribution is -0.134. The lowest BCUT2D eigenvalue weighted by atomic mass is 9.96. The first-order chi connectivity index (χ1) is 11.2. The van der Waals surface area contributed by atoms with E-state index in [-0.39, 0.29) is 23.3 Å². The molecule has 24 heavy (non-hydrogen) atoms. The summed E-state index contributed by atoms with van der Waals surface area (Å²) in [6, 6.07) is 7.80. The third-order valence-electron chi connectivity index (χ3n) is 4.13. The maximum absolute atomic E-state index is 12.3. The zero-order valence-electron chi connectivity index (χ0n) is 15.1. The minimum Gasteiger partial charge on any atom is -0.488 e. The third-order valence-corrected chi connectivity index (χ3v) is 4.13. The monoisotopic (exact) mass is 332 g/mol. The van der Waals surface area contributed by atoms with Gasteiger partial charge < -0.3 is 15.0 Å². The van der Waals surface area contributed by atoms with Gasteiger partial charge in [0.1, 0.15) is 11.4 Å². The van der Waals surface area contributed by atoms with Crippen LogP contribution in [0.3, 0.4) is 0 Å². The quantitative estimate of drug-likeness (QED) is 0.922. The maximum atomic E-state index is 12.3. The Labute approximate surface area is 144 Å². The number of rotatable bonds is 4. The van der Waals surface area contributed by atoms with E-state index in [0.717, 1.165) is 24.2 Å². The third kappa shape index (κ3) is 5.55. The Morgan fingerprint density at radius 3 is 2.25 bits per heavy atom. The largest absolute Gasteiger partial charge is 0.488 e. The standard InChI is InChI=1S/C19H28N2O3/c1-14(22)21-11-9-16(10-12-21)18(23)20-13-15-5-7-17(8-6-15)24-19(2,3)4/h5-8,16H,9-13H2,1-4H3,(H,20,23). The maximum Gasteiger partial charge on any atom is 0.223 e. The molecule has 0 saturated carbocycles. The van der Waals surface area contributed by atoms with Crippen LogP contribution in [-0.4, -0.2) is 35.4 Å². The van der Waals surface area contributed by atoms with E-state index >= 15 is 0 Å². The van der Waals surface area contributed by atoms with Gasteiger partial charge in [-0.3, -0.25) is 9.59 Å². The summed E-state index contributed by atoms with van der Waals surface area (Å²) in [5.74, 6) is 0.998. The molecule has 0 unspecified atom stereocenters. The number of amides is 2. The Hall–Kier alpha value is -2.04. The van der Waals surface area contributed by atoms with Crippen molar-refractivity contribution < 1.29 is 14.3 Å². The molecule has 132 valence electrons. The van der Waals surface area contributed by atoms with Gasteiger partial charge in [-0.1, -0.05) is 12.1 Å². The van der Waals surface area contributed by atoms with E-state index in [9.17, 15) is 9.59 Å². The molecule has 0 aliphatic carbocycles. The SMILES string of the molecule is CC(=O)N1CCC(C(=O)NCc2ccc(OC(C)(C)C)cc2)CC1. The summed E-state index contributed by atoms with van der Waals surface area (Å²) in [5, 5.41) is 3.00. The molecule has 5 heteroatoms. The van der Waals surface area contributed by atoms with Gasteiger partial charge in [-0.15, -0.1) is 0 Å². The van der Waals surface area contributed by atoms with Crippen LogP contribution in [0.1, 0.15) is 46.1 Å². The first kappa shape index (κ1) is 18.3. The second kappa shape index (κ2) is 7.69. The lowest BCUT2D eigenvalue weighted by Crippen LogP contribution is -2.42. The van der Waals surface area contributed by atoms with E-state index in [1.807, 2.05) is 45.0 Å². The average molecular weight is 332 g/mol. The molecule has 1 aromatic rings. The second-order valence-corrected chi connectivity index (χ2v) is 7.36. The predicted molar refractivity (Wildman–Crippen MR) is 93.6 cm³/mol. The van der Waals surface area contributed by atoms with E-state index in [1.54, 1.807) is 11.8 Å². The highest BCUT2D eigenvalue weighted by Crippen LogP contribution is 2.19. The normalized spacial score (nSPS) is 15.9. The molecule has 0 bridgehead atoms. The topological polar surface area (TPSA) is 58.6 Å². The summed E-state index contributed by atoms with van der Waals surface area (Å²) in [6.07, 6.45) is 1.48. The number of likely N-dealkylation sites (tertiary alicyclic amines) is 1. The number of hydrogen-bond donors (Lipinski definition) is 1. The van der Waals surface area contributed by atoms with Crippen LogP contribution < -0.4 is 10.1 Å². The predicted octanol–water partition coefficient (Wildman–Crippen LogP) is 2.74. The number of piperidine rings is 1. The molecule has 1 heterocycles. The molecule has 0 radical (unpaired) electrons. The van der Waals surface area contributed by atoms with Gasteiger partial charge in [0.05, 0.1) is 0 Å². The fraction of sp³-hybridized carbons (Fsp3) is 0.579. The van der Waals surface area contributed by atoms with Crippen molar-refractivity contribution in [2.75, 3.05) is 13.1 Å².